The molecule has 3 heterocycles. The maximum atomic E-state index is 13.0. The number of fused-ring (bicyclic) bond motifs is 1. The van der Waals surface area contributed by atoms with E-state index >= 15 is 0 Å². The number of aromatic nitrogens is 4. The van der Waals surface area contributed by atoms with Gasteiger partial charge in [-0.25, -0.2) is 15.0 Å². The highest BCUT2D eigenvalue weighted by molar-refractivity contribution is 5.87. The van der Waals surface area contributed by atoms with Crippen LogP contribution in [0.5, 0.6) is 0 Å². The van der Waals surface area contributed by atoms with Crippen LogP contribution < -0.4 is 0 Å². The van der Waals surface area contributed by atoms with Gasteiger partial charge in [-0.3, -0.25) is 4.57 Å². The zero-order valence-corrected chi connectivity index (χ0v) is 14.2. The van der Waals surface area contributed by atoms with Crippen molar-refractivity contribution < 1.29 is 33.2 Å². The molecule has 2 aromatic heterocycles. The molecule has 4 atom stereocenters. The van der Waals surface area contributed by atoms with E-state index in [4.69, 9.17) is 4.74 Å². The van der Waals surface area contributed by atoms with Crippen LogP contribution in [0, 0.1) is 0 Å². The van der Waals surface area contributed by atoms with Crippen molar-refractivity contribution in [1.29, 1.82) is 0 Å². The van der Waals surface area contributed by atoms with E-state index in [9.17, 15) is 28.5 Å². The van der Waals surface area contributed by atoms with Crippen LogP contribution in [-0.2, 0) is 10.9 Å². The van der Waals surface area contributed by atoms with E-state index < -0.39 is 42.9 Å². The molecule has 11 heteroatoms. The highest BCUT2D eigenvalue weighted by Crippen LogP contribution is 2.35. The number of hydrogen-bond acceptors (Lipinski definition) is 7. The zero-order chi connectivity index (χ0) is 20.1. The van der Waals surface area contributed by atoms with E-state index in [1.807, 2.05) is 0 Å². The van der Waals surface area contributed by atoms with Crippen LogP contribution in [0.4, 0.5) is 13.2 Å². The van der Waals surface area contributed by atoms with Gasteiger partial charge in [0.25, 0.3) is 0 Å². The summed E-state index contributed by atoms with van der Waals surface area (Å²) in [6.07, 6.45) is -6.75. The van der Waals surface area contributed by atoms with Crippen LogP contribution >= 0.6 is 0 Å². The Bertz CT molecular complexity index is 1010. The van der Waals surface area contributed by atoms with E-state index in [2.05, 4.69) is 15.0 Å². The molecule has 0 spiro atoms. The number of benzene rings is 1. The van der Waals surface area contributed by atoms with E-state index in [0.29, 0.717) is 0 Å². The van der Waals surface area contributed by atoms with Gasteiger partial charge in [-0.15, -0.1) is 0 Å². The molecule has 0 radical (unpaired) electrons. The third kappa shape index (κ3) is 3.02. The quantitative estimate of drug-likeness (QED) is 0.608. The van der Waals surface area contributed by atoms with Crippen molar-refractivity contribution in [2.75, 3.05) is 6.61 Å². The minimum absolute atomic E-state index is 0.182. The second-order valence-corrected chi connectivity index (χ2v) is 6.35. The molecule has 1 aliphatic heterocycles. The molecular weight excluding hydrogens is 381 g/mol. The monoisotopic (exact) mass is 396 g/mol. The van der Waals surface area contributed by atoms with Gasteiger partial charge in [0.2, 0.25) is 0 Å². The Balaban J connectivity index is 1.78. The van der Waals surface area contributed by atoms with Crippen LogP contribution in [0.25, 0.3) is 22.4 Å². The smallest absolute Gasteiger partial charge is 0.394 e. The van der Waals surface area contributed by atoms with E-state index in [0.717, 1.165) is 18.5 Å². The fourth-order valence-electron chi connectivity index (χ4n) is 3.20. The van der Waals surface area contributed by atoms with Crippen molar-refractivity contribution >= 4 is 11.2 Å². The van der Waals surface area contributed by atoms with Crippen molar-refractivity contribution in [3.63, 3.8) is 0 Å². The van der Waals surface area contributed by atoms with E-state index in [1.165, 1.54) is 23.0 Å². The van der Waals surface area contributed by atoms with Gasteiger partial charge in [0, 0.05) is 5.56 Å². The summed E-state index contributed by atoms with van der Waals surface area (Å²) in [5, 5.41) is 29.4. The molecule has 3 N–H and O–H groups in total. The number of aliphatic hydroxyl groups excluding tert-OH is 3. The third-order valence-electron chi connectivity index (χ3n) is 4.61. The number of rotatable bonds is 3. The fourth-order valence-corrected chi connectivity index (χ4v) is 3.20. The number of aliphatic hydroxyl groups is 3. The lowest BCUT2D eigenvalue weighted by atomic mass is 10.1. The lowest BCUT2D eigenvalue weighted by molar-refractivity contribution is -0.137. The van der Waals surface area contributed by atoms with Gasteiger partial charge in [0.15, 0.2) is 11.9 Å². The summed E-state index contributed by atoms with van der Waals surface area (Å²) in [6.45, 7) is -0.494. The Morgan fingerprint density at radius 2 is 1.89 bits per heavy atom. The molecule has 8 nitrogen and oxygen atoms in total. The summed E-state index contributed by atoms with van der Waals surface area (Å²) in [6, 6.07) is 4.67. The summed E-state index contributed by atoms with van der Waals surface area (Å²) in [5.41, 5.74) is -0.0216. The summed E-state index contributed by atoms with van der Waals surface area (Å²) in [7, 11) is 0. The highest BCUT2D eigenvalue weighted by atomic mass is 19.4. The summed E-state index contributed by atoms with van der Waals surface area (Å²) >= 11 is 0. The molecule has 4 rings (SSSR count). The third-order valence-corrected chi connectivity index (χ3v) is 4.61. The van der Waals surface area contributed by atoms with E-state index in [-0.39, 0.29) is 22.4 Å². The maximum Gasteiger partial charge on any atom is 0.416 e. The predicted octanol–water partition coefficient (Wildman–Crippen LogP) is 1.12. The van der Waals surface area contributed by atoms with Gasteiger partial charge < -0.3 is 20.1 Å². The van der Waals surface area contributed by atoms with Gasteiger partial charge in [-0.1, -0.05) is 12.1 Å². The zero-order valence-electron chi connectivity index (χ0n) is 14.2. The standard InChI is InChI=1S/C17H15F3N4O4/c18-17(19,20)9-3-1-2-8(4-9)11-12-15(22-6-21-11)24(7-23-12)16-14(27)13(26)10(5-25)28-16/h1-4,6-7,10,13-14,16,25-27H,5H2/t10-,13-,14-,16-/m1/s1. The molecule has 1 fully saturated rings. The summed E-state index contributed by atoms with van der Waals surface area (Å²) < 4.78 is 45.9. The molecule has 28 heavy (non-hydrogen) atoms. The first-order chi connectivity index (χ1) is 13.3. The van der Waals surface area contributed by atoms with Crippen molar-refractivity contribution in [2.45, 2.75) is 30.7 Å². The second kappa shape index (κ2) is 6.78. The first-order valence-corrected chi connectivity index (χ1v) is 8.29. The lowest BCUT2D eigenvalue weighted by Gasteiger charge is -2.16. The molecule has 0 amide bonds. The van der Waals surface area contributed by atoms with Crippen molar-refractivity contribution in [3.8, 4) is 11.3 Å². The second-order valence-electron chi connectivity index (χ2n) is 6.35. The number of nitrogens with zero attached hydrogens (tertiary/aromatic N) is 4. The molecular formula is C17H15F3N4O4. The van der Waals surface area contributed by atoms with Gasteiger partial charge >= 0.3 is 6.18 Å². The molecule has 1 aliphatic rings. The highest BCUT2D eigenvalue weighted by Gasteiger charge is 2.44. The summed E-state index contributed by atoms with van der Waals surface area (Å²) in [5.74, 6) is 0. The average Bonchev–Trinajstić information content (AvgIpc) is 3.22. The Morgan fingerprint density at radius 1 is 1.11 bits per heavy atom. The molecule has 3 aromatic rings. The molecule has 0 bridgehead atoms. The van der Waals surface area contributed by atoms with Crippen LogP contribution in [0.2, 0.25) is 0 Å². The van der Waals surface area contributed by atoms with Crippen molar-refractivity contribution in [3.05, 3.63) is 42.5 Å². The molecule has 0 aliphatic carbocycles. The normalized spacial score (nSPS) is 25.5. The van der Waals surface area contributed by atoms with Crippen molar-refractivity contribution in [2.24, 2.45) is 0 Å². The van der Waals surface area contributed by atoms with Crippen molar-refractivity contribution in [1.82, 2.24) is 19.5 Å². The Kier molecular flexibility index (Phi) is 4.54. The minimum atomic E-state index is -4.50. The molecule has 0 unspecified atom stereocenters. The lowest BCUT2D eigenvalue weighted by Crippen LogP contribution is -2.33. The van der Waals surface area contributed by atoms with Gasteiger partial charge in [0.1, 0.15) is 35.8 Å². The Labute approximate surface area is 155 Å². The van der Waals surface area contributed by atoms with E-state index in [1.54, 1.807) is 0 Å². The average molecular weight is 396 g/mol. The predicted molar refractivity (Wildman–Crippen MR) is 88.8 cm³/mol. The first kappa shape index (κ1) is 18.7. The minimum Gasteiger partial charge on any atom is -0.394 e. The van der Waals surface area contributed by atoms with Crippen LogP contribution in [-0.4, -0.2) is 59.8 Å². The molecule has 1 saturated heterocycles. The van der Waals surface area contributed by atoms with Crippen LogP contribution in [0.1, 0.15) is 11.8 Å². The summed E-state index contributed by atoms with van der Waals surface area (Å²) in [4.78, 5) is 12.3. The van der Waals surface area contributed by atoms with Gasteiger partial charge in [-0.05, 0) is 12.1 Å². The Morgan fingerprint density at radius 3 is 2.57 bits per heavy atom. The number of halogens is 3. The molecule has 148 valence electrons. The van der Waals surface area contributed by atoms with Crippen LogP contribution in [0.15, 0.2) is 36.9 Å². The van der Waals surface area contributed by atoms with Crippen LogP contribution in [0.3, 0.4) is 0 Å². The van der Waals surface area contributed by atoms with Gasteiger partial charge in [0.05, 0.1) is 18.5 Å². The first-order valence-electron chi connectivity index (χ1n) is 8.29. The van der Waals surface area contributed by atoms with Gasteiger partial charge in [-0.2, -0.15) is 13.2 Å². The number of alkyl halides is 3. The SMILES string of the molecule is OC[C@H]1O[C@@H](n2cnc3c(-c4cccc(C(F)(F)F)c4)ncnc32)[C@H](O)[C@@H]1O. The fraction of sp³-hybridized carbons (Fsp3) is 0.353. The largest absolute Gasteiger partial charge is 0.416 e. The molecule has 0 saturated carbocycles. The number of imidazole rings is 1. The number of ether oxygens (including phenoxy) is 1. The maximum absolute atomic E-state index is 13.0. The Hall–Kier alpha value is -2.60. The molecule has 1 aromatic carbocycles. The topological polar surface area (TPSA) is 114 Å². The number of hydrogen-bond donors (Lipinski definition) is 3.